The van der Waals surface area contributed by atoms with Crippen LogP contribution in [0.4, 0.5) is 0 Å². The number of benzene rings is 6. The van der Waals surface area contributed by atoms with Crippen LogP contribution in [-0.2, 0) is 5.41 Å². The maximum Gasteiger partial charge on any atom is 0.161 e. The molecule has 0 atom stereocenters. The molecule has 10 aromatic rings. The first-order valence-corrected chi connectivity index (χ1v) is 16.3. The van der Waals surface area contributed by atoms with Crippen LogP contribution in [0.2, 0.25) is 0 Å². The second-order valence-corrected chi connectivity index (χ2v) is 13.4. The van der Waals surface area contributed by atoms with Crippen LogP contribution >= 0.6 is 0 Å². The Morgan fingerprint density at radius 2 is 1.23 bits per heavy atom. The first-order valence-electron chi connectivity index (χ1n) is 16.3. The lowest BCUT2D eigenvalue weighted by atomic mass is 9.74. The Kier molecular flexibility index (Phi) is 4.86. The van der Waals surface area contributed by atoms with Crippen LogP contribution in [0.25, 0.3) is 94.1 Å². The minimum atomic E-state index is -0.272. The zero-order valence-electron chi connectivity index (χ0n) is 26.3. The van der Waals surface area contributed by atoms with Gasteiger partial charge in [-0.2, -0.15) is 0 Å². The molecule has 0 N–H and O–H groups in total. The van der Waals surface area contributed by atoms with Crippen molar-refractivity contribution in [2.24, 2.45) is 0 Å². The standard InChI is InChI=1S/C43H27N3O2/c1-43(2)31-17-10-16-30-38(31)46(39-28-13-5-8-20-36(28)48-41(30)39)34-22-21-24(23-32(34)43)42-44-33-18-6-3-12-27(33)37(45-42)29-15-9-14-26-25-11-4-7-19-35(25)47-40(26)29/h3-23H,1-2H3. The number of fused-ring (bicyclic) bond motifs is 11. The zero-order valence-corrected chi connectivity index (χ0v) is 26.3. The Morgan fingerprint density at radius 1 is 0.542 bits per heavy atom. The predicted molar refractivity (Wildman–Crippen MR) is 194 cm³/mol. The number of hydrogen-bond donors (Lipinski definition) is 0. The van der Waals surface area contributed by atoms with Gasteiger partial charge in [-0.25, -0.2) is 9.97 Å². The second kappa shape index (κ2) is 8.99. The maximum atomic E-state index is 6.50. The molecular weight excluding hydrogens is 590 g/mol. The number of aromatic nitrogens is 3. The summed E-state index contributed by atoms with van der Waals surface area (Å²) in [4.78, 5) is 10.5. The van der Waals surface area contributed by atoms with E-state index in [0.29, 0.717) is 5.82 Å². The van der Waals surface area contributed by atoms with Crippen LogP contribution in [-0.4, -0.2) is 14.5 Å². The van der Waals surface area contributed by atoms with Gasteiger partial charge in [0.1, 0.15) is 22.3 Å². The van der Waals surface area contributed by atoms with Crippen molar-refractivity contribution in [3.05, 3.63) is 139 Å². The first kappa shape index (κ1) is 25.9. The van der Waals surface area contributed by atoms with E-state index in [0.717, 1.165) is 82.8 Å². The minimum absolute atomic E-state index is 0.272. The fraction of sp³-hybridized carbons (Fsp3) is 0.0698. The SMILES string of the molecule is CC1(C)c2cc(-c3nc(-c4cccc5c4oc4ccccc45)c4ccccc4n3)ccc2-n2c3c1cccc3c1oc3ccccc3c12. The number of rotatable bonds is 2. The van der Waals surface area contributed by atoms with E-state index in [2.05, 4.69) is 115 Å². The fourth-order valence-electron chi connectivity index (χ4n) is 8.12. The minimum Gasteiger partial charge on any atom is -0.455 e. The Bertz CT molecular complexity index is 2990. The third-order valence-corrected chi connectivity index (χ3v) is 10.4. The molecule has 0 spiro atoms. The summed E-state index contributed by atoms with van der Waals surface area (Å²) in [6, 6.07) is 44.4. The van der Waals surface area contributed by atoms with Gasteiger partial charge >= 0.3 is 0 Å². The molecule has 6 aromatic carbocycles. The Morgan fingerprint density at radius 3 is 2.10 bits per heavy atom. The van der Waals surface area contributed by atoms with Crippen molar-refractivity contribution < 1.29 is 8.83 Å². The van der Waals surface area contributed by atoms with Crippen molar-refractivity contribution in [2.75, 3.05) is 0 Å². The van der Waals surface area contributed by atoms with Gasteiger partial charge in [-0.3, -0.25) is 0 Å². The molecule has 0 radical (unpaired) electrons. The van der Waals surface area contributed by atoms with Gasteiger partial charge in [-0.1, -0.05) is 86.6 Å². The number of hydrogen-bond acceptors (Lipinski definition) is 4. The summed E-state index contributed by atoms with van der Waals surface area (Å²) in [7, 11) is 0. The van der Waals surface area contributed by atoms with E-state index < -0.39 is 0 Å². The van der Waals surface area contributed by atoms with E-state index in [1.807, 2.05) is 30.3 Å². The van der Waals surface area contributed by atoms with Gasteiger partial charge < -0.3 is 13.4 Å². The molecule has 0 aliphatic carbocycles. The van der Waals surface area contributed by atoms with Crippen molar-refractivity contribution in [1.82, 2.24) is 14.5 Å². The highest BCUT2D eigenvalue weighted by Gasteiger charge is 2.36. The third kappa shape index (κ3) is 3.25. The van der Waals surface area contributed by atoms with Crippen LogP contribution < -0.4 is 0 Å². The second-order valence-electron chi connectivity index (χ2n) is 13.4. The molecule has 4 aromatic heterocycles. The Balaban J connectivity index is 1.18. The van der Waals surface area contributed by atoms with Crippen LogP contribution in [0.15, 0.2) is 136 Å². The lowest BCUT2D eigenvalue weighted by Gasteiger charge is -2.35. The highest BCUT2D eigenvalue weighted by molar-refractivity contribution is 6.18. The van der Waals surface area contributed by atoms with Crippen molar-refractivity contribution in [2.45, 2.75) is 19.3 Å². The van der Waals surface area contributed by atoms with Gasteiger partial charge in [-0.05, 0) is 65.7 Å². The summed E-state index contributed by atoms with van der Waals surface area (Å²) in [5, 5.41) is 5.43. The van der Waals surface area contributed by atoms with E-state index in [9.17, 15) is 0 Å². The average molecular weight is 618 g/mol. The molecular formula is C43H27N3O2. The number of para-hydroxylation sites is 5. The molecule has 11 rings (SSSR count). The maximum absolute atomic E-state index is 6.50. The van der Waals surface area contributed by atoms with E-state index >= 15 is 0 Å². The third-order valence-electron chi connectivity index (χ3n) is 10.4. The molecule has 5 heteroatoms. The molecule has 5 heterocycles. The van der Waals surface area contributed by atoms with Gasteiger partial charge in [0.2, 0.25) is 0 Å². The normalized spacial score (nSPS) is 13.8. The van der Waals surface area contributed by atoms with Crippen LogP contribution in [0.3, 0.4) is 0 Å². The largest absolute Gasteiger partial charge is 0.455 e. The monoisotopic (exact) mass is 617 g/mol. The zero-order chi connectivity index (χ0) is 31.7. The lowest BCUT2D eigenvalue weighted by Crippen LogP contribution is -2.26. The summed E-state index contributed by atoms with van der Waals surface area (Å²) in [5.74, 6) is 0.686. The van der Waals surface area contributed by atoms with Crippen molar-refractivity contribution in [3.8, 4) is 28.3 Å². The highest BCUT2D eigenvalue weighted by Crippen LogP contribution is 2.50. The number of nitrogens with zero attached hydrogens (tertiary/aromatic N) is 3. The van der Waals surface area contributed by atoms with E-state index in [1.165, 1.54) is 16.6 Å². The Labute approximate surface area is 274 Å². The van der Waals surface area contributed by atoms with Gasteiger partial charge in [0.15, 0.2) is 11.4 Å². The molecule has 0 saturated heterocycles. The molecule has 0 fully saturated rings. The van der Waals surface area contributed by atoms with Gasteiger partial charge in [-0.15, -0.1) is 0 Å². The predicted octanol–water partition coefficient (Wildman–Crippen LogP) is 11.3. The van der Waals surface area contributed by atoms with E-state index in [1.54, 1.807) is 0 Å². The van der Waals surface area contributed by atoms with Gasteiger partial charge in [0, 0.05) is 43.5 Å². The molecule has 48 heavy (non-hydrogen) atoms. The molecule has 1 aliphatic rings. The van der Waals surface area contributed by atoms with Gasteiger partial charge in [0.05, 0.1) is 22.4 Å². The van der Waals surface area contributed by atoms with Crippen molar-refractivity contribution in [3.63, 3.8) is 0 Å². The average Bonchev–Trinajstić information content (AvgIpc) is 3.79. The van der Waals surface area contributed by atoms with Crippen LogP contribution in [0, 0.1) is 0 Å². The topological polar surface area (TPSA) is 57.0 Å². The molecule has 0 bridgehead atoms. The molecule has 5 nitrogen and oxygen atoms in total. The van der Waals surface area contributed by atoms with Crippen molar-refractivity contribution in [1.29, 1.82) is 0 Å². The van der Waals surface area contributed by atoms with Gasteiger partial charge in [0.25, 0.3) is 0 Å². The summed E-state index contributed by atoms with van der Waals surface area (Å²) >= 11 is 0. The fourth-order valence-corrected chi connectivity index (χ4v) is 8.12. The van der Waals surface area contributed by atoms with Crippen molar-refractivity contribution >= 4 is 65.8 Å². The lowest BCUT2D eigenvalue weighted by molar-refractivity contribution is 0.630. The molecule has 0 amide bonds. The first-order chi connectivity index (χ1) is 23.6. The van der Waals surface area contributed by atoms with Crippen LogP contribution in [0.5, 0.6) is 0 Å². The Hall–Kier alpha value is -6.20. The summed E-state index contributed by atoms with van der Waals surface area (Å²) in [6.07, 6.45) is 0. The molecule has 226 valence electrons. The molecule has 0 unspecified atom stereocenters. The summed E-state index contributed by atoms with van der Waals surface area (Å²) < 4.78 is 15.4. The van der Waals surface area contributed by atoms with E-state index in [-0.39, 0.29) is 5.41 Å². The summed E-state index contributed by atoms with van der Waals surface area (Å²) in [6.45, 7) is 4.63. The molecule has 0 saturated carbocycles. The molecule has 1 aliphatic heterocycles. The summed E-state index contributed by atoms with van der Waals surface area (Å²) in [5.41, 5.74) is 12.9. The van der Waals surface area contributed by atoms with Crippen LogP contribution in [0.1, 0.15) is 25.0 Å². The smallest absolute Gasteiger partial charge is 0.161 e. The highest BCUT2D eigenvalue weighted by atomic mass is 16.3. The van der Waals surface area contributed by atoms with E-state index in [4.69, 9.17) is 18.8 Å². The quantitative estimate of drug-likeness (QED) is 0.194. The number of furan rings is 2.